The van der Waals surface area contributed by atoms with E-state index in [1.165, 1.54) is 19.2 Å². The molecular formula is C24H20FN3O3S. The van der Waals surface area contributed by atoms with Gasteiger partial charge in [-0.1, -0.05) is 30.3 Å². The molecule has 3 N–H and O–H groups in total. The molecule has 1 amide bonds. The highest BCUT2D eigenvalue weighted by Crippen LogP contribution is 2.42. The van der Waals surface area contributed by atoms with Crippen LogP contribution < -0.4 is 11.1 Å². The number of carbonyl (C=O) groups excluding carboxylic acids is 2. The Hall–Kier alpha value is -3.78. The van der Waals surface area contributed by atoms with Gasteiger partial charge in [0.1, 0.15) is 15.5 Å². The number of amides is 1. The molecule has 0 saturated heterocycles. The lowest BCUT2D eigenvalue weighted by molar-refractivity contribution is 0.0607. The van der Waals surface area contributed by atoms with Crippen LogP contribution in [0.3, 0.4) is 0 Å². The predicted molar refractivity (Wildman–Crippen MR) is 125 cm³/mol. The summed E-state index contributed by atoms with van der Waals surface area (Å²) in [7, 11) is 1.26. The molecule has 8 heteroatoms. The van der Waals surface area contributed by atoms with Gasteiger partial charge >= 0.3 is 5.97 Å². The van der Waals surface area contributed by atoms with Crippen LogP contribution in [0, 0.1) is 19.7 Å². The van der Waals surface area contributed by atoms with E-state index in [9.17, 15) is 14.0 Å². The van der Waals surface area contributed by atoms with Crippen LogP contribution in [0.4, 0.5) is 15.8 Å². The Morgan fingerprint density at radius 3 is 2.56 bits per heavy atom. The molecule has 0 unspecified atom stereocenters. The number of hydrogen-bond acceptors (Lipinski definition) is 6. The number of benzene rings is 2. The van der Waals surface area contributed by atoms with Gasteiger partial charge in [-0.05, 0) is 43.2 Å². The number of hydrogen-bond donors (Lipinski definition) is 2. The third kappa shape index (κ3) is 3.69. The molecule has 0 spiro atoms. The first-order valence-electron chi connectivity index (χ1n) is 9.75. The van der Waals surface area contributed by atoms with E-state index in [-0.39, 0.29) is 16.1 Å². The second-order valence-electron chi connectivity index (χ2n) is 7.24. The quantitative estimate of drug-likeness (QED) is 0.410. The van der Waals surface area contributed by atoms with E-state index in [4.69, 9.17) is 10.5 Å². The fraction of sp³-hybridized carbons (Fsp3) is 0.125. The summed E-state index contributed by atoms with van der Waals surface area (Å²) in [5, 5.41) is 3.33. The van der Waals surface area contributed by atoms with Crippen LogP contribution in [0.1, 0.15) is 31.3 Å². The van der Waals surface area contributed by atoms with Crippen LogP contribution in [0.25, 0.3) is 21.3 Å². The second-order valence-corrected chi connectivity index (χ2v) is 8.24. The zero-order valence-electron chi connectivity index (χ0n) is 17.7. The summed E-state index contributed by atoms with van der Waals surface area (Å²) in [5.74, 6) is -1.47. The van der Waals surface area contributed by atoms with E-state index in [1.54, 1.807) is 25.1 Å². The summed E-state index contributed by atoms with van der Waals surface area (Å²) in [6.45, 7) is 3.58. The van der Waals surface area contributed by atoms with E-state index in [0.717, 1.165) is 16.9 Å². The molecule has 6 nitrogen and oxygen atoms in total. The lowest BCUT2D eigenvalue weighted by atomic mass is 9.94. The largest absolute Gasteiger partial charge is 0.465 e. The number of thiophene rings is 1. The summed E-state index contributed by atoms with van der Waals surface area (Å²) in [6.07, 6.45) is 0. The number of pyridine rings is 1. The van der Waals surface area contributed by atoms with Gasteiger partial charge in [0.15, 0.2) is 0 Å². The molecule has 4 aromatic rings. The monoisotopic (exact) mass is 449 g/mol. The zero-order chi connectivity index (χ0) is 23.0. The number of aromatic nitrogens is 1. The van der Waals surface area contributed by atoms with E-state index in [0.29, 0.717) is 32.7 Å². The van der Waals surface area contributed by atoms with Crippen LogP contribution in [0.15, 0.2) is 48.5 Å². The number of anilines is 2. The Balaban J connectivity index is 2.01. The van der Waals surface area contributed by atoms with Gasteiger partial charge in [-0.2, -0.15) is 0 Å². The molecule has 0 radical (unpaired) electrons. The number of carbonyl (C=O) groups is 2. The van der Waals surface area contributed by atoms with Gasteiger partial charge in [-0.15, -0.1) is 11.3 Å². The SMILES string of the molecule is COC(=O)c1sc2nc(C)c(C(=O)Nc3ccccc3C)c(-c3cccc(F)c3)c2c1N. The molecule has 0 bridgehead atoms. The lowest BCUT2D eigenvalue weighted by Crippen LogP contribution is -2.16. The number of nitrogens with one attached hydrogen (secondary N) is 1. The number of ether oxygens (including phenoxy) is 1. The number of nitrogen functional groups attached to an aromatic ring is 1. The highest BCUT2D eigenvalue weighted by Gasteiger charge is 2.27. The Bertz CT molecular complexity index is 1380. The van der Waals surface area contributed by atoms with Crippen LogP contribution in [0.5, 0.6) is 0 Å². The van der Waals surface area contributed by atoms with E-state index >= 15 is 0 Å². The number of halogens is 1. The lowest BCUT2D eigenvalue weighted by Gasteiger charge is -2.16. The Morgan fingerprint density at radius 1 is 1.12 bits per heavy atom. The molecule has 0 aliphatic rings. The molecule has 2 heterocycles. The van der Waals surface area contributed by atoms with Crippen molar-refractivity contribution in [3.05, 3.63) is 76.0 Å². The van der Waals surface area contributed by atoms with Crippen molar-refractivity contribution in [3.8, 4) is 11.1 Å². The fourth-order valence-electron chi connectivity index (χ4n) is 3.62. The Morgan fingerprint density at radius 2 is 1.88 bits per heavy atom. The van der Waals surface area contributed by atoms with Crippen molar-refractivity contribution in [2.75, 3.05) is 18.2 Å². The topological polar surface area (TPSA) is 94.3 Å². The van der Waals surface area contributed by atoms with Crippen molar-refractivity contribution in [1.29, 1.82) is 0 Å². The van der Waals surface area contributed by atoms with Crippen molar-refractivity contribution < 1.29 is 18.7 Å². The van der Waals surface area contributed by atoms with Crippen molar-refractivity contribution >= 4 is 44.8 Å². The Labute approximate surface area is 187 Å². The smallest absolute Gasteiger partial charge is 0.350 e. The molecular weight excluding hydrogens is 429 g/mol. The summed E-state index contributed by atoms with van der Waals surface area (Å²) >= 11 is 1.07. The third-order valence-electron chi connectivity index (χ3n) is 5.16. The van der Waals surface area contributed by atoms with Gasteiger partial charge in [0.05, 0.1) is 24.1 Å². The highest BCUT2D eigenvalue weighted by molar-refractivity contribution is 7.21. The summed E-state index contributed by atoms with van der Waals surface area (Å²) < 4.78 is 19.0. The van der Waals surface area contributed by atoms with Crippen LogP contribution in [-0.4, -0.2) is 24.0 Å². The first-order chi connectivity index (χ1) is 15.3. The van der Waals surface area contributed by atoms with Crippen LogP contribution in [-0.2, 0) is 4.74 Å². The van der Waals surface area contributed by atoms with Gasteiger partial charge < -0.3 is 15.8 Å². The molecule has 0 saturated carbocycles. The predicted octanol–water partition coefficient (Wildman–Crippen LogP) is 5.34. The highest BCUT2D eigenvalue weighted by atomic mass is 32.1. The molecule has 32 heavy (non-hydrogen) atoms. The minimum absolute atomic E-state index is 0.147. The van der Waals surface area contributed by atoms with Gasteiger partial charge in [-0.3, -0.25) is 4.79 Å². The molecule has 0 aliphatic heterocycles. The number of para-hydroxylation sites is 1. The van der Waals surface area contributed by atoms with Crippen molar-refractivity contribution in [2.45, 2.75) is 13.8 Å². The van der Waals surface area contributed by atoms with Gasteiger partial charge in [0.25, 0.3) is 5.91 Å². The zero-order valence-corrected chi connectivity index (χ0v) is 18.5. The number of nitrogens with zero attached hydrogens (tertiary/aromatic N) is 1. The van der Waals surface area contributed by atoms with E-state index in [2.05, 4.69) is 10.3 Å². The maximum Gasteiger partial charge on any atom is 0.350 e. The van der Waals surface area contributed by atoms with Gasteiger partial charge in [0, 0.05) is 16.6 Å². The molecule has 2 aromatic heterocycles. The van der Waals surface area contributed by atoms with E-state index < -0.39 is 17.7 Å². The average Bonchev–Trinajstić information content (AvgIpc) is 3.09. The molecule has 162 valence electrons. The van der Waals surface area contributed by atoms with Crippen molar-refractivity contribution in [1.82, 2.24) is 4.98 Å². The Kier molecular flexibility index (Phi) is 5.63. The normalized spacial score (nSPS) is 10.9. The number of esters is 1. The number of methoxy groups -OCH3 is 1. The van der Waals surface area contributed by atoms with Gasteiger partial charge in [0.2, 0.25) is 0 Å². The molecule has 4 rings (SSSR count). The number of aryl methyl sites for hydroxylation is 2. The maximum atomic E-state index is 14.2. The second kappa shape index (κ2) is 8.39. The third-order valence-corrected chi connectivity index (χ3v) is 6.24. The van der Waals surface area contributed by atoms with Crippen molar-refractivity contribution in [3.63, 3.8) is 0 Å². The average molecular weight is 450 g/mol. The summed E-state index contributed by atoms with van der Waals surface area (Å²) in [4.78, 5) is 30.9. The van der Waals surface area contributed by atoms with Crippen molar-refractivity contribution in [2.24, 2.45) is 0 Å². The minimum atomic E-state index is -0.598. The number of nitrogens with two attached hydrogens (primary N) is 1. The molecule has 0 fully saturated rings. The summed E-state index contributed by atoms with van der Waals surface area (Å²) in [5.41, 5.74) is 9.58. The first kappa shape index (κ1) is 21.5. The minimum Gasteiger partial charge on any atom is -0.465 e. The molecule has 0 atom stereocenters. The van der Waals surface area contributed by atoms with Crippen LogP contribution >= 0.6 is 11.3 Å². The van der Waals surface area contributed by atoms with E-state index in [1.807, 2.05) is 25.1 Å². The fourth-order valence-corrected chi connectivity index (χ4v) is 4.69. The number of fused-ring (bicyclic) bond motifs is 1. The number of rotatable bonds is 4. The first-order valence-corrected chi connectivity index (χ1v) is 10.6. The molecule has 0 aliphatic carbocycles. The van der Waals surface area contributed by atoms with Gasteiger partial charge in [-0.25, -0.2) is 14.2 Å². The maximum absolute atomic E-state index is 14.2. The van der Waals surface area contributed by atoms with Crippen LogP contribution in [0.2, 0.25) is 0 Å². The standard InChI is InChI=1S/C24H20FN3O3S/c1-12-7-4-5-10-16(12)28-22(29)17-13(2)27-23-19(20(26)21(32-23)24(30)31-3)18(17)14-8-6-9-15(25)11-14/h4-11H,26H2,1-3H3,(H,28,29). The molecule has 2 aromatic carbocycles. The summed E-state index contributed by atoms with van der Waals surface area (Å²) in [6, 6.07) is 13.3.